The van der Waals surface area contributed by atoms with Gasteiger partial charge in [-0.2, -0.15) is 0 Å². The lowest BCUT2D eigenvalue weighted by molar-refractivity contribution is 0.296. The van der Waals surface area contributed by atoms with Gasteiger partial charge >= 0.3 is 0 Å². The number of aliphatic hydroxyl groups excluding tert-OH is 1. The van der Waals surface area contributed by atoms with Gasteiger partial charge in [-0.15, -0.1) is 11.8 Å². The molecule has 1 rings (SSSR count). The summed E-state index contributed by atoms with van der Waals surface area (Å²) >= 11 is 1.16. The number of rotatable bonds is 3. The van der Waals surface area contributed by atoms with E-state index in [0.717, 1.165) is 11.8 Å². The Hall–Kier alpha value is -0.610. The molecular formula is C9H10F2OS. The molecule has 0 fully saturated rings. The molecule has 0 unspecified atom stereocenters. The zero-order valence-corrected chi connectivity index (χ0v) is 8.00. The van der Waals surface area contributed by atoms with E-state index in [0.29, 0.717) is 4.90 Å². The molecule has 1 nitrogen and oxygen atoms in total. The summed E-state index contributed by atoms with van der Waals surface area (Å²) in [6.45, 7) is -0.172. The highest BCUT2D eigenvalue weighted by atomic mass is 32.2. The second-order valence-corrected chi connectivity index (χ2v) is 3.38. The second kappa shape index (κ2) is 4.58. The molecule has 13 heavy (non-hydrogen) atoms. The summed E-state index contributed by atoms with van der Waals surface area (Å²) in [5.41, 5.74) is 0.220. The van der Waals surface area contributed by atoms with Crippen LogP contribution in [0.1, 0.15) is 5.56 Å². The molecule has 1 aromatic carbocycles. The normalized spacial score (nSPS) is 10.5. The summed E-state index contributed by atoms with van der Waals surface area (Å²) in [6.07, 6.45) is 1.83. The fourth-order valence-corrected chi connectivity index (χ4v) is 1.52. The molecule has 0 saturated heterocycles. The lowest BCUT2D eigenvalue weighted by Gasteiger charge is -2.04. The summed E-state index contributed by atoms with van der Waals surface area (Å²) in [7, 11) is 0. The van der Waals surface area contributed by atoms with Crippen LogP contribution in [0.4, 0.5) is 8.78 Å². The van der Waals surface area contributed by atoms with Crippen molar-refractivity contribution >= 4 is 11.8 Å². The smallest absolute Gasteiger partial charge is 0.172 e. The maximum absolute atomic E-state index is 13.1. The molecule has 1 aromatic rings. The lowest BCUT2D eigenvalue weighted by Crippen LogP contribution is -1.98. The molecule has 0 aromatic heterocycles. The number of aliphatic hydroxyl groups is 1. The number of hydrogen-bond acceptors (Lipinski definition) is 2. The Kier molecular flexibility index (Phi) is 3.69. The van der Waals surface area contributed by atoms with E-state index < -0.39 is 11.6 Å². The van der Waals surface area contributed by atoms with Crippen LogP contribution in [0.15, 0.2) is 17.0 Å². The molecule has 0 amide bonds. The Morgan fingerprint density at radius 2 is 2.00 bits per heavy atom. The molecule has 1 N–H and O–H groups in total. The summed E-state index contributed by atoms with van der Waals surface area (Å²) in [5, 5.41) is 8.57. The van der Waals surface area contributed by atoms with Gasteiger partial charge in [0.1, 0.15) is 0 Å². The number of benzene rings is 1. The minimum atomic E-state index is -0.846. The van der Waals surface area contributed by atoms with Crippen LogP contribution in [-0.2, 0) is 6.42 Å². The monoisotopic (exact) mass is 204 g/mol. The standard InChI is InChI=1S/C9H10F2OS/c1-13-7-3-2-6(4-5-12)8(10)9(7)11/h2-3,12H,4-5H2,1H3. The summed E-state index contributed by atoms with van der Waals surface area (Å²) in [4.78, 5) is 0.291. The highest BCUT2D eigenvalue weighted by Crippen LogP contribution is 2.23. The largest absolute Gasteiger partial charge is 0.396 e. The maximum atomic E-state index is 13.1. The highest BCUT2D eigenvalue weighted by Gasteiger charge is 2.11. The van der Waals surface area contributed by atoms with E-state index in [1.165, 1.54) is 12.1 Å². The third kappa shape index (κ3) is 2.19. The van der Waals surface area contributed by atoms with Gasteiger partial charge in [0.05, 0.1) is 0 Å². The highest BCUT2D eigenvalue weighted by molar-refractivity contribution is 7.98. The maximum Gasteiger partial charge on any atom is 0.172 e. The predicted octanol–water partition coefficient (Wildman–Crippen LogP) is 2.22. The van der Waals surface area contributed by atoms with Crippen molar-refractivity contribution in [2.75, 3.05) is 12.9 Å². The van der Waals surface area contributed by atoms with Gasteiger partial charge in [0.25, 0.3) is 0 Å². The molecule has 0 spiro atoms. The molecule has 72 valence electrons. The van der Waals surface area contributed by atoms with Crippen LogP contribution < -0.4 is 0 Å². The van der Waals surface area contributed by atoms with Crippen molar-refractivity contribution in [3.05, 3.63) is 29.3 Å². The molecule has 0 atom stereocenters. The molecule has 0 saturated carbocycles. The Morgan fingerprint density at radius 3 is 2.54 bits per heavy atom. The van der Waals surface area contributed by atoms with Gasteiger partial charge in [-0.3, -0.25) is 0 Å². The first-order chi connectivity index (χ1) is 6.20. The number of thioether (sulfide) groups is 1. The van der Waals surface area contributed by atoms with Crippen molar-refractivity contribution in [3.8, 4) is 0 Å². The van der Waals surface area contributed by atoms with E-state index in [1.54, 1.807) is 6.26 Å². The van der Waals surface area contributed by atoms with Crippen LogP contribution in [0, 0.1) is 11.6 Å². The summed E-state index contributed by atoms with van der Waals surface area (Å²) < 4.78 is 26.2. The summed E-state index contributed by atoms with van der Waals surface area (Å²) in [6, 6.07) is 3.02. The minimum absolute atomic E-state index is 0.150. The van der Waals surface area contributed by atoms with Gasteiger partial charge in [0, 0.05) is 11.5 Å². The SMILES string of the molecule is CSc1ccc(CCO)c(F)c1F. The van der Waals surface area contributed by atoms with Crippen LogP contribution in [-0.4, -0.2) is 18.0 Å². The van der Waals surface area contributed by atoms with Crippen LogP contribution in [0.5, 0.6) is 0 Å². The van der Waals surface area contributed by atoms with E-state index in [1.807, 2.05) is 0 Å². The molecule has 0 aliphatic heterocycles. The molecule has 4 heteroatoms. The van der Waals surface area contributed by atoms with Crippen molar-refractivity contribution in [2.45, 2.75) is 11.3 Å². The van der Waals surface area contributed by atoms with Crippen molar-refractivity contribution < 1.29 is 13.9 Å². The van der Waals surface area contributed by atoms with Crippen molar-refractivity contribution in [3.63, 3.8) is 0 Å². The van der Waals surface area contributed by atoms with Gasteiger partial charge in [-0.1, -0.05) is 6.07 Å². The quantitative estimate of drug-likeness (QED) is 0.762. The fourth-order valence-electron chi connectivity index (χ4n) is 1.04. The van der Waals surface area contributed by atoms with Gasteiger partial charge in [-0.25, -0.2) is 8.78 Å². The van der Waals surface area contributed by atoms with Crippen molar-refractivity contribution in [1.29, 1.82) is 0 Å². The zero-order chi connectivity index (χ0) is 9.84. The molecule has 0 heterocycles. The second-order valence-electron chi connectivity index (χ2n) is 2.53. The zero-order valence-electron chi connectivity index (χ0n) is 7.18. The van der Waals surface area contributed by atoms with E-state index in [-0.39, 0.29) is 18.6 Å². The van der Waals surface area contributed by atoms with Gasteiger partial charge < -0.3 is 5.11 Å². The Labute approximate surface area is 79.8 Å². The molecule has 0 aliphatic carbocycles. The van der Waals surface area contributed by atoms with Crippen LogP contribution in [0.3, 0.4) is 0 Å². The molecule has 0 aliphatic rings. The molecule has 0 bridgehead atoms. The molecular weight excluding hydrogens is 194 g/mol. The van der Waals surface area contributed by atoms with E-state index in [9.17, 15) is 8.78 Å². The first-order valence-electron chi connectivity index (χ1n) is 3.82. The third-order valence-electron chi connectivity index (χ3n) is 1.73. The van der Waals surface area contributed by atoms with E-state index >= 15 is 0 Å². The predicted molar refractivity (Wildman–Crippen MR) is 48.9 cm³/mol. The fraction of sp³-hybridized carbons (Fsp3) is 0.333. The first kappa shape index (κ1) is 10.5. The summed E-state index contributed by atoms with van der Waals surface area (Å²) in [5.74, 6) is -1.67. The van der Waals surface area contributed by atoms with Gasteiger partial charge in [0.15, 0.2) is 11.6 Å². The van der Waals surface area contributed by atoms with Crippen LogP contribution in [0.2, 0.25) is 0 Å². The first-order valence-corrected chi connectivity index (χ1v) is 5.05. The van der Waals surface area contributed by atoms with Crippen molar-refractivity contribution in [1.82, 2.24) is 0 Å². The Bertz CT molecular complexity index is 302. The van der Waals surface area contributed by atoms with E-state index in [4.69, 9.17) is 5.11 Å². The van der Waals surface area contributed by atoms with Gasteiger partial charge in [-0.05, 0) is 24.3 Å². The Balaban J connectivity index is 3.07. The topological polar surface area (TPSA) is 20.2 Å². The minimum Gasteiger partial charge on any atom is -0.396 e. The van der Waals surface area contributed by atoms with Gasteiger partial charge in [0.2, 0.25) is 0 Å². The van der Waals surface area contributed by atoms with Crippen molar-refractivity contribution in [2.24, 2.45) is 0 Å². The lowest BCUT2D eigenvalue weighted by atomic mass is 10.1. The third-order valence-corrected chi connectivity index (χ3v) is 2.48. The molecule has 0 radical (unpaired) electrons. The number of halogens is 2. The van der Waals surface area contributed by atoms with Crippen LogP contribution in [0.25, 0.3) is 0 Å². The average Bonchev–Trinajstić information content (AvgIpc) is 2.14. The Morgan fingerprint density at radius 1 is 1.31 bits per heavy atom. The van der Waals surface area contributed by atoms with Crippen LogP contribution >= 0.6 is 11.8 Å². The number of hydrogen-bond donors (Lipinski definition) is 1. The van der Waals surface area contributed by atoms with E-state index in [2.05, 4.69) is 0 Å². The average molecular weight is 204 g/mol.